The Kier molecular flexibility index (Phi) is 6.37. The van der Waals surface area contributed by atoms with Gasteiger partial charge in [-0.15, -0.1) is 0 Å². The lowest BCUT2D eigenvalue weighted by Gasteiger charge is -2.27. The molecule has 6 nitrogen and oxygen atoms in total. The predicted molar refractivity (Wildman–Crippen MR) is 82.1 cm³/mol. The molecule has 1 N–H and O–H groups in total. The molecule has 1 aromatic carbocycles. The van der Waals surface area contributed by atoms with Crippen LogP contribution in [0.1, 0.15) is 29.8 Å². The standard InChI is InChI=1S/C16H23NO5/c1-6-22-13-9-12(8-7-11(13)2)14(18)17-16(3,10-20-4)15(19)21-5/h7-9H,6,10H2,1-5H3,(H,17,18). The Labute approximate surface area is 130 Å². The highest BCUT2D eigenvalue weighted by Gasteiger charge is 2.36. The Hall–Kier alpha value is -2.08. The molecule has 22 heavy (non-hydrogen) atoms. The maximum atomic E-state index is 12.4. The van der Waals surface area contributed by atoms with Gasteiger partial charge in [0.1, 0.15) is 5.75 Å². The third-order valence-corrected chi connectivity index (χ3v) is 3.21. The van der Waals surface area contributed by atoms with Crippen LogP contribution in [0.5, 0.6) is 5.75 Å². The smallest absolute Gasteiger partial charge is 0.333 e. The van der Waals surface area contributed by atoms with Crippen molar-refractivity contribution in [1.29, 1.82) is 0 Å². The molecule has 1 unspecified atom stereocenters. The van der Waals surface area contributed by atoms with Gasteiger partial charge in [-0.05, 0) is 38.5 Å². The zero-order chi connectivity index (χ0) is 16.8. The number of rotatable bonds is 7. The number of ether oxygens (including phenoxy) is 3. The van der Waals surface area contributed by atoms with Gasteiger partial charge in [0, 0.05) is 12.7 Å². The number of carbonyl (C=O) groups is 2. The van der Waals surface area contributed by atoms with E-state index in [0.29, 0.717) is 17.9 Å². The van der Waals surface area contributed by atoms with Crippen LogP contribution in [0.4, 0.5) is 0 Å². The molecule has 0 aliphatic carbocycles. The van der Waals surface area contributed by atoms with Crippen LogP contribution in [0.25, 0.3) is 0 Å². The Morgan fingerprint density at radius 1 is 1.27 bits per heavy atom. The van der Waals surface area contributed by atoms with Crippen molar-refractivity contribution >= 4 is 11.9 Å². The van der Waals surface area contributed by atoms with E-state index < -0.39 is 17.4 Å². The molecule has 0 radical (unpaired) electrons. The van der Waals surface area contributed by atoms with Gasteiger partial charge in [0.2, 0.25) is 0 Å². The van der Waals surface area contributed by atoms with Gasteiger partial charge in [0.25, 0.3) is 5.91 Å². The van der Waals surface area contributed by atoms with E-state index in [9.17, 15) is 9.59 Å². The lowest BCUT2D eigenvalue weighted by molar-refractivity contribution is -0.149. The predicted octanol–water partition coefficient (Wildman–Crippen LogP) is 1.70. The first kappa shape index (κ1) is 18.0. The molecule has 0 saturated heterocycles. The SMILES string of the molecule is CCOc1cc(C(=O)NC(C)(COC)C(=O)OC)ccc1C. The monoisotopic (exact) mass is 309 g/mol. The Morgan fingerprint density at radius 3 is 2.50 bits per heavy atom. The molecular formula is C16H23NO5. The molecular weight excluding hydrogens is 286 g/mol. The minimum Gasteiger partial charge on any atom is -0.494 e. The lowest BCUT2D eigenvalue weighted by Crippen LogP contribution is -2.55. The summed E-state index contributed by atoms with van der Waals surface area (Å²) in [5.74, 6) is -0.326. The molecule has 0 aliphatic heterocycles. The summed E-state index contributed by atoms with van der Waals surface area (Å²) in [5.41, 5.74) is 0.0864. The van der Waals surface area contributed by atoms with Crippen LogP contribution in [-0.2, 0) is 14.3 Å². The van der Waals surface area contributed by atoms with Gasteiger partial charge in [-0.1, -0.05) is 6.07 Å². The van der Waals surface area contributed by atoms with Crippen molar-refractivity contribution in [2.75, 3.05) is 27.4 Å². The van der Waals surface area contributed by atoms with E-state index in [1.807, 2.05) is 13.8 Å². The molecule has 0 heterocycles. The van der Waals surface area contributed by atoms with Gasteiger partial charge in [-0.2, -0.15) is 0 Å². The summed E-state index contributed by atoms with van der Waals surface area (Å²) in [6.45, 7) is 5.85. The molecule has 0 aliphatic rings. The van der Waals surface area contributed by atoms with Crippen molar-refractivity contribution in [1.82, 2.24) is 5.32 Å². The number of amides is 1. The van der Waals surface area contributed by atoms with Gasteiger partial charge >= 0.3 is 5.97 Å². The van der Waals surface area contributed by atoms with Gasteiger partial charge in [-0.3, -0.25) is 4.79 Å². The summed E-state index contributed by atoms with van der Waals surface area (Å²) in [7, 11) is 2.72. The Bertz CT molecular complexity index is 543. The third-order valence-electron chi connectivity index (χ3n) is 3.21. The fourth-order valence-corrected chi connectivity index (χ4v) is 2.04. The number of methoxy groups -OCH3 is 2. The van der Waals surface area contributed by atoms with E-state index in [4.69, 9.17) is 14.2 Å². The molecule has 1 rings (SSSR count). The second kappa shape index (κ2) is 7.79. The first-order valence-electron chi connectivity index (χ1n) is 7.01. The van der Waals surface area contributed by atoms with Gasteiger partial charge < -0.3 is 19.5 Å². The highest BCUT2D eigenvalue weighted by Crippen LogP contribution is 2.20. The highest BCUT2D eigenvalue weighted by atomic mass is 16.5. The number of benzene rings is 1. The summed E-state index contributed by atoms with van der Waals surface area (Å²) in [6, 6.07) is 5.13. The number of aryl methyl sites for hydroxylation is 1. The van der Waals surface area contributed by atoms with Crippen LogP contribution in [0.3, 0.4) is 0 Å². The summed E-state index contributed by atoms with van der Waals surface area (Å²) in [5, 5.41) is 2.66. The number of hydrogen-bond donors (Lipinski definition) is 1. The molecule has 6 heteroatoms. The van der Waals surface area contributed by atoms with Crippen LogP contribution >= 0.6 is 0 Å². The van der Waals surface area contributed by atoms with Gasteiger partial charge in [-0.25, -0.2) is 4.79 Å². The third kappa shape index (κ3) is 4.21. The molecule has 122 valence electrons. The Balaban J connectivity index is 3.00. The van der Waals surface area contributed by atoms with Crippen LogP contribution in [0.2, 0.25) is 0 Å². The fourth-order valence-electron chi connectivity index (χ4n) is 2.04. The molecule has 0 bridgehead atoms. The minimum absolute atomic E-state index is 0.00952. The molecule has 0 aromatic heterocycles. The zero-order valence-electron chi connectivity index (χ0n) is 13.7. The molecule has 0 fully saturated rings. The molecule has 0 spiro atoms. The highest BCUT2D eigenvalue weighted by molar-refractivity contribution is 5.98. The Morgan fingerprint density at radius 2 is 1.95 bits per heavy atom. The van der Waals surface area contributed by atoms with E-state index in [1.54, 1.807) is 25.1 Å². The van der Waals surface area contributed by atoms with E-state index in [-0.39, 0.29) is 6.61 Å². The van der Waals surface area contributed by atoms with Crippen molar-refractivity contribution in [3.05, 3.63) is 29.3 Å². The van der Waals surface area contributed by atoms with E-state index in [2.05, 4.69) is 5.32 Å². The van der Waals surface area contributed by atoms with E-state index >= 15 is 0 Å². The summed E-state index contributed by atoms with van der Waals surface area (Å²) in [6.07, 6.45) is 0. The van der Waals surface area contributed by atoms with E-state index in [1.165, 1.54) is 14.2 Å². The fraction of sp³-hybridized carbons (Fsp3) is 0.500. The number of hydrogen-bond acceptors (Lipinski definition) is 5. The molecule has 1 atom stereocenters. The van der Waals surface area contributed by atoms with Crippen LogP contribution < -0.4 is 10.1 Å². The van der Waals surface area contributed by atoms with Crippen LogP contribution in [0, 0.1) is 6.92 Å². The first-order valence-corrected chi connectivity index (χ1v) is 7.01. The maximum absolute atomic E-state index is 12.4. The molecule has 1 aromatic rings. The average molecular weight is 309 g/mol. The van der Waals surface area contributed by atoms with Crippen molar-refractivity contribution in [2.24, 2.45) is 0 Å². The summed E-state index contributed by atoms with van der Waals surface area (Å²) < 4.78 is 15.2. The molecule has 1 amide bonds. The zero-order valence-corrected chi connectivity index (χ0v) is 13.7. The average Bonchev–Trinajstić information content (AvgIpc) is 2.48. The summed E-state index contributed by atoms with van der Waals surface area (Å²) >= 11 is 0. The number of carbonyl (C=O) groups excluding carboxylic acids is 2. The minimum atomic E-state index is -1.25. The number of nitrogens with one attached hydrogen (secondary N) is 1. The van der Waals surface area contributed by atoms with Gasteiger partial charge in [0.15, 0.2) is 5.54 Å². The van der Waals surface area contributed by atoms with Crippen molar-refractivity contribution in [3.63, 3.8) is 0 Å². The van der Waals surface area contributed by atoms with Crippen molar-refractivity contribution < 1.29 is 23.8 Å². The van der Waals surface area contributed by atoms with Crippen molar-refractivity contribution in [3.8, 4) is 5.75 Å². The first-order chi connectivity index (χ1) is 10.4. The summed E-state index contributed by atoms with van der Waals surface area (Å²) in [4.78, 5) is 24.3. The normalized spacial score (nSPS) is 13.1. The lowest BCUT2D eigenvalue weighted by atomic mass is 10.0. The second-order valence-corrected chi connectivity index (χ2v) is 5.12. The number of esters is 1. The van der Waals surface area contributed by atoms with Crippen LogP contribution in [0.15, 0.2) is 18.2 Å². The van der Waals surface area contributed by atoms with Crippen molar-refractivity contribution in [2.45, 2.75) is 26.3 Å². The maximum Gasteiger partial charge on any atom is 0.333 e. The second-order valence-electron chi connectivity index (χ2n) is 5.12. The topological polar surface area (TPSA) is 73.9 Å². The quantitative estimate of drug-likeness (QED) is 0.776. The largest absolute Gasteiger partial charge is 0.494 e. The van der Waals surface area contributed by atoms with Crippen LogP contribution in [-0.4, -0.2) is 44.8 Å². The van der Waals surface area contributed by atoms with E-state index in [0.717, 1.165) is 5.56 Å². The van der Waals surface area contributed by atoms with Gasteiger partial charge in [0.05, 0.1) is 20.3 Å². The molecule has 0 saturated carbocycles.